The average Bonchev–Trinajstić information content (AvgIpc) is 2.25. The standard InChI is InChI=1S/C14H28O2.Sn/c1-2-3-4-5-6-7-8-9-10-11-12-13-14(15)16;/h2-13H2,1H3,(H,15,16);. The molecule has 0 bridgehead atoms. The van der Waals surface area contributed by atoms with E-state index in [4.69, 9.17) is 5.11 Å². The van der Waals surface area contributed by atoms with Gasteiger partial charge in [-0.2, -0.15) is 0 Å². The molecule has 0 saturated carbocycles. The maximum Gasteiger partial charge on any atom is 0.303 e. The van der Waals surface area contributed by atoms with Crippen LogP contribution in [0.4, 0.5) is 0 Å². The predicted octanol–water partition coefficient (Wildman–Crippen LogP) is 4.39. The van der Waals surface area contributed by atoms with Gasteiger partial charge in [-0.15, -0.1) is 0 Å². The fourth-order valence-electron chi connectivity index (χ4n) is 1.94. The first-order chi connectivity index (χ1) is 7.77. The van der Waals surface area contributed by atoms with Crippen LogP contribution in [0, 0.1) is 0 Å². The van der Waals surface area contributed by atoms with Gasteiger partial charge >= 0.3 is 5.97 Å². The van der Waals surface area contributed by atoms with E-state index in [0.717, 1.165) is 12.8 Å². The number of hydrogen-bond donors (Lipinski definition) is 1. The van der Waals surface area contributed by atoms with E-state index in [0.29, 0.717) is 6.42 Å². The quantitative estimate of drug-likeness (QED) is 0.420. The number of aliphatic carboxylic acids is 1. The summed E-state index contributed by atoms with van der Waals surface area (Å²) >= 11 is 0. The molecule has 0 saturated heterocycles. The van der Waals surface area contributed by atoms with Gasteiger partial charge in [-0.25, -0.2) is 0 Å². The van der Waals surface area contributed by atoms with Gasteiger partial charge in [-0.3, -0.25) is 4.79 Å². The van der Waals surface area contributed by atoms with Crippen LogP contribution in [0.15, 0.2) is 0 Å². The summed E-state index contributed by atoms with van der Waals surface area (Å²) in [4.78, 5) is 10.3. The Balaban J connectivity index is 0. The molecule has 1 N–H and O–H groups in total. The van der Waals surface area contributed by atoms with E-state index in [1.54, 1.807) is 0 Å². The molecule has 0 aliphatic rings. The summed E-state index contributed by atoms with van der Waals surface area (Å²) < 4.78 is 0. The number of carboxylic acid groups (broad SMARTS) is 1. The zero-order valence-electron chi connectivity index (χ0n) is 11.3. The molecule has 100 valence electrons. The van der Waals surface area contributed by atoms with Crippen molar-refractivity contribution in [2.75, 3.05) is 0 Å². The van der Waals surface area contributed by atoms with Crippen LogP contribution >= 0.6 is 0 Å². The first-order valence-electron chi connectivity index (χ1n) is 6.99. The molecular formula is C14H28O2Sn. The second-order valence-electron chi connectivity index (χ2n) is 4.68. The van der Waals surface area contributed by atoms with Crippen LogP contribution in [0.2, 0.25) is 0 Å². The summed E-state index contributed by atoms with van der Waals surface area (Å²) in [6, 6.07) is 0. The van der Waals surface area contributed by atoms with Gasteiger partial charge in [-0.05, 0) is 6.42 Å². The largest absolute Gasteiger partial charge is 0.481 e. The molecule has 0 spiro atoms. The van der Waals surface area contributed by atoms with Crippen molar-refractivity contribution in [3.63, 3.8) is 0 Å². The molecule has 0 atom stereocenters. The Kier molecular flexibility index (Phi) is 18.8. The van der Waals surface area contributed by atoms with Crippen LogP contribution in [0.25, 0.3) is 0 Å². The molecule has 0 aromatic carbocycles. The van der Waals surface area contributed by atoms with Crippen LogP contribution in [0.3, 0.4) is 0 Å². The van der Waals surface area contributed by atoms with E-state index in [2.05, 4.69) is 6.92 Å². The molecule has 0 aromatic heterocycles. The Morgan fingerprint density at radius 1 is 0.765 bits per heavy atom. The van der Waals surface area contributed by atoms with Crippen LogP contribution < -0.4 is 0 Å². The van der Waals surface area contributed by atoms with E-state index in [-0.39, 0.29) is 23.9 Å². The molecule has 0 rings (SSSR count). The normalized spacial score (nSPS) is 9.94. The van der Waals surface area contributed by atoms with Gasteiger partial charge in [0.15, 0.2) is 0 Å². The fraction of sp³-hybridized carbons (Fsp3) is 0.929. The molecule has 0 fully saturated rings. The molecule has 17 heavy (non-hydrogen) atoms. The summed E-state index contributed by atoms with van der Waals surface area (Å²) in [6.07, 6.45) is 14.4. The number of carboxylic acids is 1. The van der Waals surface area contributed by atoms with Crippen molar-refractivity contribution < 1.29 is 9.90 Å². The minimum absolute atomic E-state index is 0. The van der Waals surface area contributed by atoms with Crippen molar-refractivity contribution in [3.05, 3.63) is 0 Å². The molecule has 0 heterocycles. The van der Waals surface area contributed by atoms with Crippen LogP contribution in [0.5, 0.6) is 0 Å². The third-order valence-corrected chi connectivity index (χ3v) is 2.99. The Labute approximate surface area is 124 Å². The number of carbonyl (C=O) groups is 1. The van der Waals surface area contributed by atoms with Crippen LogP contribution in [-0.2, 0) is 4.79 Å². The van der Waals surface area contributed by atoms with Crippen molar-refractivity contribution >= 4 is 29.9 Å². The molecule has 0 aliphatic carbocycles. The monoisotopic (exact) mass is 348 g/mol. The Hall–Kier alpha value is 0.269. The Bertz CT molecular complexity index is 160. The van der Waals surface area contributed by atoms with E-state index in [1.807, 2.05) is 0 Å². The Morgan fingerprint density at radius 3 is 1.47 bits per heavy atom. The van der Waals surface area contributed by atoms with Crippen molar-refractivity contribution in [3.8, 4) is 0 Å². The fourth-order valence-corrected chi connectivity index (χ4v) is 1.94. The van der Waals surface area contributed by atoms with Crippen molar-refractivity contribution in [1.29, 1.82) is 0 Å². The van der Waals surface area contributed by atoms with E-state index < -0.39 is 5.97 Å². The molecular weight excluding hydrogens is 319 g/mol. The van der Waals surface area contributed by atoms with Gasteiger partial charge in [0.25, 0.3) is 0 Å². The SMILES string of the molecule is CCCCCCCCCCCCCC(=O)O.[Sn]. The summed E-state index contributed by atoms with van der Waals surface area (Å²) in [5, 5.41) is 8.46. The molecule has 3 heteroatoms. The molecule has 0 aliphatic heterocycles. The van der Waals surface area contributed by atoms with Crippen molar-refractivity contribution in [2.45, 2.75) is 84.0 Å². The van der Waals surface area contributed by atoms with Crippen molar-refractivity contribution in [1.82, 2.24) is 0 Å². The third kappa shape index (κ3) is 18.8. The molecule has 0 unspecified atom stereocenters. The summed E-state index contributed by atoms with van der Waals surface area (Å²) in [6.45, 7) is 2.25. The van der Waals surface area contributed by atoms with Crippen LogP contribution in [0.1, 0.15) is 84.0 Å². The van der Waals surface area contributed by atoms with Crippen molar-refractivity contribution in [2.24, 2.45) is 0 Å². The molecule has 0 amide bonds. The summed E-state index contributed by atoms with van der Waals surface area (Å²) in [5.41, 5.74) is 0. The van der Waals surface area contributed by atoms with E-state index in [1.165, 1.54) is 57.8 Å². The third-order valence-electron chi connectivity index (χ3n) is 2.99. The number of rotatable bonds is 12. The van der Waals surface area contributed by atoms with Gasteiger partial charge in [0.05, 0.1) is 0 Å². The minimum atomic E-state index is -0.657. The summed E-state index contributed by atoms with van der Waals surface area (Å²) in [5.74, 6) is -0.657. The molecule has 2 nitrogen and oxygen atoms in total. The van der Waals surface area contributed by atoms with Gasteiger partial charge in [-0.1, -0.05) is 71.1 Å². The van der Waals surface area contributed by atoms with Gasteiger partial charge < -0.3 is 5.11 Å². The molecule has 4 radical (unpaired) electrons. The number of unbranched alkanes of at least 4 members (excludes halogenated alkanes) is 10. The first kappa shape index (κ1) is 19.6. The second kappa shape index (κ2) is 16.3. The predicted molar refractivity (Wildman–Crippen MR) is 74.5 cm³/mol. The zero-order chi connectivity index (χ0) is 12.1. The molecule has 0 aromatic rings. The number of hydrogen-bond acceptors (Lipinski definition) is 1. The summed E-state index contributed by atoms with van der Waals surface area (Å²) in [7, 11) is 0. The van der Waals surface area contributed by atoms with Gasteiger partial charge in [0, 0.05) is 30.3 Å². The topological polar surface area (TPSA) is 37.3 Å². The smallest absolute Gasteiger partial charge is 0.303 e. The maximum absolute atomic E-state index is 10.3. The van der Waals surface area contributed by atoms with Gasteiger partial charge in [0.2, 0.25) is 0 Å². The Morgan fingerprint density at radius 2 is 1.12 bits per heavy atom. The van der Waals surface area contributed by atoms with Crippen LogP contribution in [-0.4, -0.2) is 35.0 Å². The maximum atomic E-state index is 10.3. The minimum Gasteiger partial charge on any atom is -0.481 e. The van der Waals surface area contributed by atoms with E-state index in [9.17, 15) is 4.79 Å². The van der Waals surface area contributed by atoms with E-state index >= 15 is 0 Å². The zero-order valence-corrected chi connectivity index (χ0v) is 14.2. The second-order valence-corrected chi connectivity index (χ2v) is 4.68. The first-order valence-corrected chi connectivity index (χ1v) is 6.99. The van der Waals surface area contributed by atoms with Gasteiger partial charge in [0.1, 0.15) is 0 Å². The average molecular weight is 347 g/mol.